The molecule has 0 aliphatic carbocycles. The van der Waals surface area contributed by atoms with Crippen LogP contribution in [0, 0.1) is 0 Å². The summed E-state index contributed by atoms with van der Waals surface area (Å²) in [6, 6.07) is 14.8. The molecule has 1 N–H and O–H groups in total. The molecule has 232 valence electrons. The summed E-state index contributed by atoms with van der Waals surface area (Å²) in [5.74, 6) is -2.23. The molecule has 18 heteroatoms. The Balaban J connectivity index is 1.61. The van der Waals surface area contributed by atoms with Gasteiger partial charge in [-0.1, -0.05) is 36.4 Å². The number of aromatic nitrogens is 3. The van der Waals surface area contributed by atoms with Gasteiger partial charge in [-0.25, -0.2) is 26.5 Å². The molecular formula is C26H18F6N4O5S3. The van der Waals surface area contributed by atoms with Crippen LogP contribution in [0.2, 0.25) is 0 Å². The Morgan fingerprint density at radius 2 is 1.52 bits per heavy atom. The first kappa shape index (κ1) is 31.6. The minimum absolute atomic E-state index is 0.108. The smallest absolute Gasteiger partial charge is 0.416 e. The summed E-state index contributed by atoms with van der Waals surface area (Å²) in [4.78, 5) is 4.37. The van der Waals surface area contributed by atoms with Gasteiger partial charge in [-0.3, -0.25) is 0 Å². The van der Waals surface area contributed by atoms with Crippen molar-refractivity contribution in [2.45, 2.75) is 29.9 Å². The lowest BCUT2D eigenvalue weighted by Gasteiger charge is -2.16. The molecule has 0 radical (unpaired) electrons. The first-order chi connectivity index (χ1) is 20.6. The molecule has 0 saturated heterocycles. The van der Waals surface area contributed by atoms with Crippen LogP contribution in [0.4, 0.5) is 26.3 Å². The van der Waals surface area contributed by atoms with E-state index >= 15 is 0 Å². The SMILES string of the molecule is O=[SH](=O)NCc1nnc(C(c2nc3ccc(-c4ccccc4)cc3s2)S(=O)(=O)Cc2cc(C(F)(F)F)cc(C(F)(F)F)c2)o1. The van der Waals surface area contributed by atoms with Gasteiger partial charge in [0.2, 0.25) is 22.7 Å². The lowest BCUT2D eigenvalue weighted by Crippen LogP contribution is -2.19. The van der Waals surface area contributed by atoms with Crippen LogP contribution in [0.15, 0.2) is 71.1 Å². The highest BCUT2D eigenvalue weighted by molar-refractivity contribution is 7.91. The van der Waals surface area contributed by atoms with Crippen molar-refractivity contribution in [3.8, 4) is 11.1 Å². The number of thiol groups is 1. The van der Waals surface area contributed by atoms with Gasteiger partial charge in [0.15, 0.2) is 15.1 Å². The molecule has 0 fully saturated rings. The van der Waals surface area contributed by atoms with Crippen LogP contribution >= 0.6 is 11.3 Å². The van der Waals surface area contributed by atoms with Gasteiger partial charge in [0.05, 0.1) is 33.6 Å². The van der Waals surface area contributed by atoms with Crippen molar-refractivity contribution < 1.29 is 47.6 Å². The van der Waals surface area contributed by atoms with Crippen LogP contribution in [0.3, 0.4) is 0 Å². The van der Waals surface area contributed by atoms with Crippen molar-refractivity contribution in [1.29, 1.82) is 0 Å². The van der Waals surface area contributed by atoms with Gasteiger partial charge in [-0.05, 0) is 47.0 Å². The Morgan fingerprint density at radius 3 is 2.14 bits per heavy atom. The number of thiazole rings is 1. The summed E-state index contributed by atoms with van der Waals surface area (Å²) in [5, 5.41) is 5.27. The maximum absolute atomic E-state index is 13.8. The maximum Gasteiger partial charge on any atom is 0.416 e. The number of halogens is 6. The molecule has 2 aromatic heterocycles. The lowest BCUT2D eigenvalue weighted by atomic mass is 10.1. The Morgan fingerprint density at radius 1 is 0.864 bits per heavy atom. The first-order valence-electron chi connectivity index (χ1n) is 12.3. The Hall–Kier alpha value is -3.87. The molecule has 1 atom stereocenters. The lowest BCUT2D eigenvalue weighted by molar-refractivity contribution is -0.143. The summed E-state index contributed by atoms with van der Waals surface area (Å²) in [6.07, 6.45) is -10.4. The van der Waals surface area contributed by atoms with Gasteiger partial charge in [-0.2, -0.15) is 26.3 Å². The van der Waals surface area contributed by atoms with Crippen molar-refractivity contribution in [2.75, 3.05) is 0 Å². The summed E-state index contributed by atoms with van der Waals surface area (Å²) in [5.41, 5.74) is -2.17. The van der Waals surface area contributed by atoms with E-state index in [4.69, 9.17) is 4.42 Å². The fourth-order valence-corrected chi connectivity index (χ4v) is 7.66. The number of nitrogens with zero attached hydrogens (tertiary/aromatic N) is 3. The normalized spacial score (nSPS) is 13.5. The third-order valence-corrected chi connectivity index (χ3v) is 9.70. The topological polar surface area (TPSA) is 132 Å². The molecule has 0 saturated carbocycles. The van der Waals surface area contributed by atoms with E-state index in [2.05, 4.69) is 15.2 Å². The van der Waals surface area contributed by atoms with Crippen LogP contribution in [-0.4, -0.2) is 32.0 Å². The minimum Gasteiger partial charge on any atom is -0.422 e. The standard InChI is InChI=1S/C26H18F6N4O5S3/c27-25(28,29)17-8-14(9-18(11-17)26(30,31)32)13-44(39,40)22(23-36-35-21(41-23)12-33-43(37)38)24-34-19-7-6-16(10-20(19)42-24)15-4-2-1-3-5-15/h1-11,22,43H,12-13H2,(H,33,37,38). The van der Waals surface area contributed by atoms with Crippen molar-refractivity contribution in [3.05, 3.63) is 100 Å². The molecule has 44 heavy (non-hydrogen) atoms. The van der Waals surface area contributed by atoms with E-state index in [-0.39, 0.29) is 17.0 Å². The van der Waals surface area contributed by atoms with Crippen molar-refractivity contribution in [3.63, 3.8) is 0 Å². The molecule has 0 aliphatic rings. The Labute approximate surface area is 250 Å². The second-order valence-electron chi connectivity index (χ2n) is 9.33. The number of nitrogens with one attached hydrogen (secondary N) is 1. The molecule has 0 amide bonds. The predicted octanol–water partition coefficient (Wildman–Crippen LogP) is 5.70. The quantitative estimate of drug-likeness (QED) is 0.150. The van der Waals surface area contributed by atoms with Gasteiger partial charge in [0.25, 0.3) is 0 Å². The van der Waals surface area contributed by atoms with Gasteiger partial charge >= 0.3 is 12.4 Å². The highest BCUT2D eigenvalue weighted by Crippen LogP contribution is 2.40. The van der Waals surface area contributed by atoms with Gasteiger partial charge in [-0.15, -0.1) is 21.5 Å². The zero-order chi connectivity index (χ0) is 31.9. The number of fused-ring (bicyclic) bond motifs is 1. The number of sulfone groups is 1. The van der Waals surface area contributed by atoms with Crippen molar-refractivity contribution in [2.24, 2.45) is 0 Å². The first-order valence-corrected chi connectivity index (χ1v) is 16.0. The summed E-state index contributed by atoms with van der Waals surface area (Å²) >= 11 is 0.898. The molecule has 3 aromatic carbocycles. The molecule has 5 rings (SSSR count). The van der Waals surface area contributed by atoms with Gasteiger partial charge in [0, 0.05) is 0 Å². The van der Waals surface area contributed by atoms with E-state index < -0.39 is 73.2 Å². The van der Waals surface area contributed by atoms with Crippen LogP contribution in [0.5, 0.6) is 0 Å². The number of hydrogen-bond acceptors (Lipinski definition) is 9. The average molecular weight is 677 g/mol. The highest BCUT2D eigenvalue weighted by atomic mass is 32.2. The molecular weight excluding hydrogens is 658 g/mol. The highest BCUT2D eigenvalue weighted by Gasteiger charge is 2.40. The monoisotopic (exact) mass is 676 g/mol. The van der Waals surface area contributed by atoms with E-state index in [0.29, 0.717) is 22.3 Å². The summed E-state index contributed by atoms with van der Waals surface area (Å²) in [6.45, 7) is -0.499. The third kappa shape index (κ3) is 7.09. The third-order valence-electron chi connectivity index (χ3n) is 6.18. The Kier molecular flexibility index (Phi) is 8.54. The van der Waals surface area contributed by atoms with E-state index in [1.165, 1.54) is 0 Å². The zero-order valence-corrected chi connectivity index (χ0v) is 24.3. The van der Waals surface area contributed by atoms with Crippen LogP contribution < -0.4 is 4.72 Å². The molecule has 2 heterocycles. The number of benzene rings is 3. The van der Waals surface area contributed by atoms with E-state index in [1.54, 1.807) is 18.2 Å². The average Bonchev–Trinajstić information content (AvgIpc) is 3.57. The largest absolute Gasteiger partial charge is 0.422 e. The minimum atomic E-state index is -5.19. The fraction of sp³-hybridized carbons (Fsp3) is 0.192. The predicted molar refractivity (Wildman–Crippen MR) is 147 cm³/mol. The fourth-order valence-electron chi connectivity index (χ4n) is 4.27. The molecule has 0 aliphatic heterocycles. The van der Waals surface area contributed by atoms with E-state index in [0.717, 1.165) is 22.5 Å². The zero-order valence-electron chi connectivity index (χ0n) is 21.8. The molecule has 0 spiro atoms. The Bertz CT molecular complexity index is 1970. The van der Waals surface area contributed by atoms with Crippen molar-refractivity contribution in [1.82, 2.24) is 19.9 Å². The second kappa shape index (κ2) is 11.9. The summed E-state index contributed by atoms with van der Waals surface area (Å²) < 4.78 is 138. The van der Waals surface area contributed by atoms with Crippen LogP contribution in [0.1, 0.15) is 38.7 Å². The van der Waals surface area contributed by atoms with E-state index in [1.807, 2.05) is 35.1 Å². The molecule has 9 nitrogen and oxygen atoms in total. The second-order valence-corrected chi connectivity index (χ2v) is 13.3. The number of hydrogen-bond donors (Lipinski definition) is 2. The molecule has 0 bridgehead atoms. The van der Waals surface area contributed by atoms with E-state index in [9.17, 15) is 43.2 Å². The summed E-state index contributed by atoms with van der Waals surface area (Å²) in [7, 11) is -7.84. The van der Waals surface area contributed by atoms with Gasteiger partial charge < -0.3 is 4.42 Å². The number of rotatable bonds is 9. The number of alkyl halides is 6. The van der Waals surface area contributed by atoms with Crippen molar-refractivity contribution >= 4 is 42.3 Å². The van der Waals surface area contributed by atoms with Gasteiger partial charge in [0.1, 0.15) is 5.01 Å². The van der Waals surface area contributed by atoms with Crippen LogP contribution in [-0.2, 0) is 45.4 Å². The molecule has 5 aromatic rings. The van der Waals surface area contributed by atoms with Crippen LogP contribution in [0.25, 0.3) is 21.3 Å². The molecule has 1 unspecified atom stereocenters. The maximum atomic E-state index is 13.8.